The van der Waals surface area contributed by atoms with Gasteiger partial charge in [0.2, 0.25) is 5.96 Å². The zero-order valence-corrected chi connectivity index (χ0v) is 20.5. The Bertz CT molecular complexity index is 1290. The minimum Gasteiger partial charge on any atom is -0.497 e. The van der Waals surface area contributed by atoms with Gasteiger partial charge in [-0.2, -0.15) is 0 Å². The maximum Gasteiger partial charge on any atom is 0.328 e. The first-order valence-electron chi connectivity index (χ1n) is 11.6. The van der Waals surface area contributed by atoms with Crippen LogP contribution in [0.15, 0.2) is 71.0 Å². The number of amides is 3. The fourth-order valence-corrected chi connectivity index (χ4v) is 4.73. The summed E-state index contributed by atoms with van der Waals surface area (Å²) < 4.78 is 10.7. The zero-order chi connectivity index (χ0) is 25.6. The maximum atomic E-state index is 13.6. The van der Waals surface area contributed by atoms with Gasteiger partial charge < -0.3 is 14.4 Å². The summed E-state index contributed by atoms with van der Waals surface area (Å²) in [5.74, 6) is 0.0957. The zero-order valence-electron chi connectivity index (χ0n) is 20.5. The minimum absolute atomic E-state index is 0.0632. The van der Waals surface area contributed by atoms with E-state index in [1.54, 1.807) is 14.2 Å². The Morgan fingerprint density at radius 2 is 1.78 bits per heavy atom. The van der Waals surface area contributed by atoms with Crippen molar-refractivity contribution in [3.63, 3.8) is 0 Å². The summed E-state index contributed by atoms with van der Waals surface area (Å²) in [6.45, 7) is 3.46. The number of rotatable bonds is 6. The summed E-state index contributed by atoms with van der Waals surface area (Å²) in [7, 11) is 3.19. The van der Waals surface area contributed by atoms with Gasteiger partial charge in [-0.15, -0.1) is 0 Å². The Morgan fingerprint density at radius 3 is 2.50 bits per heavy atom. The van der Waals surface area contributed by atoms with Gasteiger partial charge in [0.25, 0.3) is 5.91 Å². The highest BCUT2D eigenvalue weighted by molar-refractivity contribution is 6.11. The average molecular weight is 490 g/mol. The lowest BCUT2D eigenvalue weighted by Crippen LogP contribution is -2.65. The van der Waals surface area contributed by atoms with E-state index in [-0.39, 0.29) is 6.61 Å². The molecule has 2 atom stereocenters. The summed E-state index contributed by atoms with van der Waals surface area (Å²) >= 11 is 0. The van der Waals surface area contributed by atoms with Crippen LogP contribution in [0.2, 0.25) is 0 Å². The summed E-state index contributed by atoms with van der Waals surface area (Å²) in [5.41, 5.74) is 3.39. The van der Waals surface area contributed by atoms with E-state index < -0.39 is 36.7 Å². The molecule has 1 saturated heterocycles. The number of guanidine groups is 1. The molecule has 3 amide bonds. The molecule has 36 heavy (non-hydrogen) atoms. The summed E-state index contributed by atoms with van der Waals surface area (Å²) in [6.07, 6.45) is -0.715. The van der Waals surface area contributed by atoms with Crippen LogP contribution < -0.4 is 9.64 Å². The van der Waals surface area contributed by atoms with Gasteiger partial charge in [-0.1, -0.05) is 36.4 Å². The Hall–Kier alpha value is -4.34. The number of methoxy groups -OCH3 is 1. The number of urea groups is 1. The van der Waals surface area contributed by atoms with Gasteiger partial charge in [-0.25, -0.2) is 9.79 Å². The van der Waals surface area contributed by atoms with E-state index in [0.717, 1.165) is 27.5 Å². The molecule has 3 aliphatic rings. The van der Waals surface area contributed by atoms with Crippen LogP contribution in [0, 0.1) is 0 Å². The molecule has 0 aliphatic carbocycles. The van der Waals surface area contributed by atoms with E-state index in [1.807, 2.05) is 78.2 Å². The molecule has 10 heteroatoms. The molecule has 2 unspecified atom stereocenters. The third kappa shape index (κ3) is 3.74. The van der Waals surface area contributed by atoms with Gasteiger partial charge in [0.1, 0.15) is 18.9 Å². The molecule has 0 spiro atoms. The van der Waals surface area contributed by atoms with Crippen LogP contribution in [0.5, 0.6) is 5.75 Å². The molecule has 0 aromatic heterocycles. The fraction of sp³-hybridized carbons (Fsp3) is 0.308. The lowest BCUT2D eigenvalue weighted by atomic mass is 10.1. The number of imide groups is 1. The van der Waals surface area contributed by atoms with Gasteiger partial charge in [-0.05, 0) is 31.5 Å². The average Bonchev–Trinajstić information content (AvgIpc) is 3.39. The summed E-state index contributed by atoms with van der Waals surface area (Å²) in [6, 6.07) is 15.4. The predicted octanol–water partition coefficient (Wildman–Crippen LogP) is 2.77. The monoisotopic (exact) mass is 489 g/mol. The normalized spacial score (nSPS) is 21.1. The number of carbonyl (C=O) groups excluding carboxylic acids is 3. The highest BCUT2D eigenvalue weighted by Crippen LogP contribution is 2.40. The number of likely N-dealkylation sites (N-methyl/N-ethyl adjacent to an activating group) is 1. The topological polar surface area (TPSA) is 95.0 Å². The Balaban J connectivity index is 1.38. The van der Waals surface area contributed by atoms with Crippen molar-refractivity contribution in [3.8, 4) is 5.75 Å². The second-order valence-electron chi connectivity index (χ2n) is 8.83. The van der Waals surface area contributed by atoms with Crippen molar-refractivity contribution in [2.24, 2.45) is 4.99 Å². The van der Waals surface area contributed by atoms with Crippen molar-refractivity contribution in [2.75, 3.05) is 25.6 Å². The van der Waals surface area contributed by atoms with Crippen LogP contribution >= 0.6 is 0 Å². The molecule has 1 fully saturated rings. The first kappa shape index (κ1) is 23.4. The number of ether oxygens (including phenoxy) is 2. The van der Waals surface area contributed by atoms with Crippen LogP contribution in [-0.2, 0) is 20.9 Å². The van der Waals surface area contributed by atoms with Crippen molar-refractivity contribution in [1.82, 2.24) is 14.7 Å². The molecule has 2 aromatic carbocycles. The molecular formula is C26H27N5O5. The largest absolute Gasteiger partial charge is 0.497 e. The Kier molecular flexibility index (Phi) is 5.87. The first-order valence-corrected chi connectivity index (χ1v) is 11.6. The van der Waals surface area contributed by atoms with Gasteiger partial charge in [0.05, 0.1) is 12.8 Å². The van der Waals surface area contributed by atoms with E-state index in [4.69, 9.17) is 14.5 Å². The number of esters is 1. The van der Waals surface area contributed by atoms with Crippen LogP contribution in [0.25, 0.3) is 0 Å². The molecule has 0 saturated carbocycles. The predicted molar refractivity (Wildman–Crippen MR) is 132 cm³/mol. The van der Waals surface area contributed by atoms with E-state index >= 15 is 0 Å². The van der Waals surface area contributed by atoms with E-state index in [9.17, 15) is 14.4 Å². The van der Waals surface area contributed by atoms with Crippen molar-refractivity contribution >= 4 is 29.6 Å². The number of carbonyl (C=O) groups is 3. The number of nitrogens with zero attached hydrogens (tertiary/aromatic N) is 5. The summed E-state index contributed by atoms with van der Waals surface area (Å²) in [5, 5.41) is 0. The maximum absolute atomic E-state index is 13.6. The lowest BCUT2D eigenvalue weighted by molar-refractivity contribution is -0.151. The van der Waals surface area contributed by atoms with Gasteiger partial charge in [0, 0.05) is 24.5 Å². The van der Waals surface area contributed by atoms with Crippen molar-refractivity contribution in [1.29, 1.82) is 0 Å². The van der Waals surface area contributed by atoms with Gasteiger partial charge >= 0.3 is 12.0 Å². The standard InChI is InChI=1S/C26H27N5O5/c1-16-17(2)31-22-23(27-25(31)30(16)19-11-8-12-20(13-19)35-4)28(3)26(34)29(24(22)33)14-21(32)36-15-18-9-6-5-7-10-18/h5-13,22-23H,14-15H2,1-4H3. The van der Waals surface area contributed by atoms with Crippen molar-refractivity contribution in [3.05, 3.63) is 71.6 Å². The molecular weight excluding hydrogens is 462 g/mol. The van der Waals surface area contributed by atoms with Crippen LogP contribution in [0.4, 0.5) is 10.5 Å². The van der Waals surface area contributed by atoms with Crippen molar-refractivity contribution in [2.45, 2.75) is 32.7 Å². The molecule has 186 valence electrons. The Labute approximate surface area is 209 Å². The fourth-order valence-electron chi connectivity index (χ4n) is 4.73. The third-order valence-electron chi connectivity index (χ3n) is 6.73. The second-order valence-corrected chi connectivity index (χ2v) is 8.83. The van der Waals surface area contributed by atoms with E-state index in [2.05, 4.69) is 0 Å². The molecule has 0 N–H and O–H groups in total. The number of benzene rings is 2. The number of hydrogen-bond acceptors (Lipinski definition) is 8. The number of allylic oxidation sites excluding steroid dienone is 2. The molecule has 2 aromatic rings. The highest BCUT2D eigenvalue weighted by atomic mass is 16.5. The van der Waals surface area contributed by atoms with Crippen LogP contribution in [0.1, 0.15) is 19.4 Å². The third-order valence-corrected chi connectivity index (χ3v) is 6.73. The molecule has 0 radical (unpaired) electrons. The second kappa shape index (κ2) is 9.03. The molecule has 0 bridgehead atoms. The van der Waals surface area contributed by atoms with Crippen LogP contribution in [-0.4, -0.2) is 71.5 Å². The SMILES string of the molecule is COc1cccc(N2C3=NC4C(C(=O)N(CC(=O)OCc5ccccc5)C(=O)N4C)N3C(C)=C2C)c1. The van der Waals surface area contributed by atoms with E-state index in [1.165, 1.54) is 4.90 Å². The Morgan fingerprint density at radius 1 is 1.03 bits per heavy atom. The first-order chi connectivity index (χ1) is 17.3. The number of fused-ring (bicyclic) bond motifs is 3. The molecule has 5 rings (SSSR count). The smallest absolute Gasteiger partial charge is 0.328 e. The summed E-state index contributed by atoms with van der Waals surface area (Å²) in [4.78, 5) is 50.2. The quantitative estimate of drug-likeness (QED) is 0.576. The van der Waals surface area contributed by atoms with Crippen molar-refractivity contribution < 1.29 is 23.9 Å². The number of anilines is 1. The lowest BCUT2D eigenvalue weighted by Gasteiger charge is -2.40. The molecule has 3 aliphatic heterocycles. The van der Waals surface area contributed by atoms with Gasteiger partial charge in [-0.3, -0.25) is 24.3 Å². The number of hydrogen-bond donors (Lipinski definition) is 0. The van der Waals surface area contributed by atoms with Crippen LogP contribution in [0.3, 0.4) is 0 Å². The highest BCUT2D eigenvalue weighted by Gasteiger charge is 2.56. The van der Waals surface area contributed by atoms with E-state index in [0.29, 0.717) is 11.7 Å². The molecule has 10 nitrogen and oxygen atoms in total. The molecule has 3 heterocycles. The van der Waals surface area contributed by atoms with Gasteiger partial charge in [0.15, 0.2) is 12.2 Å². The number of aliphatic imine (C=N–C) groups is 1. The minimum atomic E-state index is -0.782.